The summed E-state index contributed by atoms with van der Waals surface area (Å²) >= 11 is 6.00. The number of rotatable bonds is 6. The van der Waals surface area contributed by atoms with Crippen molar-refractivity contribution in [1.29, 1.82) is 0 Å². The van der Waals surface area contributed by atoms with E-state index in [0.29, 0.717) is 31.5 Å². The second-order valence-electron chi connectivity index (χ2n) is 9.15. The number of piperazine rings is 1. The molecule has 1 aliphatic heterocycles. The summed E-state index contributed by atoms with van der Waals surface area (Å²) in [5.41, 5.74) is 1.61. The van der Waals surface area contributed by atoms with Crippen LogP contribution in [-0.4, -0.2) is 74.1 Å². The molecule has 1 fully saturated rings. The molecule has 0 saturated carbocycles. The third kappa shape index (κ3) is 4.81. The molecule has 1 saturated heterocycles. The molecular formula is C25H28ClFN8O2. The zero-order valence-corrected chi connectivity index (χ0v) is 21.9. The van der Waals surface area contributed by atoms with Gasteiger partial charge in [0.05, 0.1) is 18.8 Å². The Bertz CT molecular complexity index is 1520. The van der Waals surface area contributed by atoms with E-state index in [2.05, 4.69) is 20.0 Å². The number of hydrogen-bond donors (Lipinski definition) is 0. The Morgan fingerprint density at radius 3 is 2.68 bits per heavy atom. The number of benzene rings is 1. The number of aryl methyl sites for hydroxylation is 2. The maximum atomic E-state index is 15.1. The van der Waals surface area contributed by atoms with Crippen LogP contribution in [0.3, 0.4) is 0 Å². The van der Waals surface area contributed by atoms with Gasteiger partial charge < -0.3 is 9.64 Å². The Balaban J connectivity index is 1.63. The molecule has 10 nitrogen and oxygen atoms in total. The Morgan fingerprint density at radius 1 is 1.16 bits per heavy atom. The van der Waals surface area contributed by atoms with Gasteiger partial charge in [-0.2, -0.15) is 5.10 Å². The van der Waals surface area contributed by atoms with Crippen LogP contribution in [0, 0.1) is 12.7 Å². The van der Waals surface area contributed by atoms with Crippen LogP contribution < -0.4 is 10.5 Å². The molecule has 3 aromatic heterocycles. The van der Waals surface area contributed by atoms with E-state index < -0.39 is 5.82 Å². The molecule has 0 spiro atoms. The normalized spacial score (nSPS) is 16.6. The van der Waals surface area contributed by atoms with Crippen molar-refractivity contribution in [3.05, 3.63) is 63.2 Å². The molecular weight excluding hydrogens is 499 g/mol. The smallest absolute Gasteiger partial charge is 0.279 e. The van der Waals surface area contributed by atoms with E-state index in [1.165, 1.54) is 10.6 Å². The highest BCUT2D eigenvalue weighted by atomic mass is 35.5. The summed E-state index contributed by atoms with van der Waals surface area (Å²) in [6.45, 7) is 4.97. The fourth-order valence-corrected chi connectivity index (χ4v) is 4.82. The largest absolute Gasteiger partial charge is 0.383 e. The Morgan fingerprint density at radius 2 is 1.97 bits per heavy atom. The predicted octanol–water partition coefficient (Wildman–Crippen LogP) is 2.73. The number of methoxy groups -OCH3 is 1. The van der Waals surface area contributed by atoms with Crippen LogP contribution in [0.1, 0.15) is 17.4 Å². The average Bonchev–Trinajstić information content (AvgIpc) is 3.32. The summed E-state index contributed by atoms with van der Waals surface area (Å²) < 4.78 is 23.6. The fraction of sp³-hybridized carbons (Fsp3) is 0.400. The van der Waals surface area contributed by atoms with Crippen LogP contribution >= 0.6 is 11.6 Å². The SMILES string of the molecule is COCCN1CCN(c2nc(-c3ccc(Cl)cc3F)c3nc(C)n(C)c(=O)c3n2)CC1c1cnn(C)c1. The van der Waals surface area contributed by atoms with Crippen LogP contribution in [0.2, 0.25) is 5.02 Å². The van der Waals surface area contributed by atoms with Crippen molar-refractivity contribution in [2.24, 2.45) is 14.1 Å². The van der Waals surface area contributed by atoms with Crippen molar-refractivity contribution >= 4 is 28.6 Å². The molecule has 194 valence electrons. The number of halogens is 2. The second-order valence-corrected chi connectivity index (χ2v) is 9.59. The third-order valence-corrected chi connectivity index (χ3v) is 7.03. The number of ether oxygens (including phenoxy) is 1. The molecule has 1 unspecified atom stereocenters. The Labute approximate surface area is 218 Å². The summed E-state index contributed by atoms with van der Waals surface area (Å²) in [5.74, 6) is 0.281. The molecule has 1 aromatic carbocycles. The van der Waals surface area contributed by atoms with Gasteiger partial charge in [-0.3, -0.25) is 18.9 Å². The molecule has 4 heterocycles. The topological polar surface area (TPSA) is 94.2 Å². The highest BCUT2D eigenvalue weighted by Gasteiger charge is 2.31. The molecule has 1 aliphatic rings. The van der Waals surface area contributed by atoms with E-state index in [1.54, 1.807) is 37.9 Å². The van der Waals surface area contributed by atoms with Crippen molar-refractivity contribution in [3.63, 3.8) is 0 Å². The van der Waals surface area contributed by atoms with Crippen molar-refractivity contribution < 1.29 is 9.13 Å². The van der Waals surface area contributed by atoms with Gasteiger partial charge in [-0.15, -0.1) is 0 Å². The Kier molecular flexibility index (Phi) is 6.93. The first-order chi connectivity index (χ1) is 17.8. The van der Waals surface area contributed by atoms with E-state index in [4.69, 9.17) is 21.3 Å². The van der Waals surface area contributed by atoms with Gasteiger partial charge in [-0.25, -0.2) is 19.3 Å². The van der Waals surface area contributed by atoms with Gasteiger partial charge in [0.2, 0.25) is 5.95 Å². The first-order valence-electron chi connectivity index (χ1n) is 11.9. The van der Waals surface area contributed by atoms with E-state index in [0.717, 1.165) is 18.7 Å². The lowest BCUT2D eigenvalue weighted by Crippen LogP contribution is -2.50. The molecule has 4 aromatic rings. The zero-order valence-electron chi connectivity index (χ0n) is 21.1. The van der Waals surface area contributed by atoms with Gasteiger partial charge in [0.15, 0.2) is 5.52 Å². The van der Waals surface area contributed by atoms with Gasteiger partial charge in [-0.1, -0.05) is 11.6 Å². The highest BCUT2D eigenvalue weighted by molar-refractivity contribution is 6.30. The van der Waals surface area contributed by atoms with E-state index in [1.807, 2.05) is 24.3 Å². The van der Waals surface area contributed by atoms with Crippen LogP contribution in [0.15, 0.2) is 35.4 Å². The van der Waals surface area contributed by atoms with Crippen LogP contribution in [-0.2, 0) is 18.8 Å². The first kappa shape index (κ1) is 25.2. The highest BCUT2D eigenvalue weighted by Crippen LogP contribution is 2.32. The number of hydrogen-bond acceptors (Lipinski definition) is 8. The fourth-order valence-electron chi connectivity index (χ4n) is 4.66. The van der Waals surface area contributed by atoms with E-state index >= 15 is 4.39 Å². The van der Waals surface area contributed by atoms with Crippen molar-refractivity contribution in [2.75, 3.05) is 44.8 Å². The maximum absolute atomic E-state index is 15.1. The molecule has 5 rings (SSSR count). The van der Waals surface area contributed by atoms with Crippen molar-refractivity contribution in [3.8, 4) is 11.3 Å². The van der Waals surface area contributed by atoms with Gasteiger partial charge >= 0.3 is 0 Å². The third-order valence-electron chi connectivity index (χ3n) is 6.79. The average molecular weight is 527 g/mol. The van der Waals surface area contributed by atoms with Crippen LogP contribution in [0.5, 0.6) is 0 Å². The lowest BCUT2D eigenvalue weighted by molar-refractivity contribution is 0.111. The molecule has 37 heavy (non-hydrogen) atoms. The van der Waals surface area contributed by atoms with Crippen molar-refractivity contribution in [1.82, 2.24) is 34.2 Å². The molecule has 0 amide bonds. The Hall–Kier alpha value is -3.41. The van der Waals surface area contributed by atoms with Crippen LogP contribution in [0.4, 0.5) is 10.3 Å². The summed E-state index contributed by atoms with van der Waals surface area (Å²) in [4.78, 5) is 31.6. The number of aromatic nitrogens is 6. The summed E-state index contributed by atoms with van der Waals surface area (Å²) in [7, 11) is 5.21. The standard InChI is InChI=1S/C25H28ClFN8O2/c1-15-29-22-21(18-6-5-17(26)11-19(18)27)30-25(31-23(22)24(36)33(15)3)35-8-7-34(9-10-37-4)20(14-35)16-12-28-32(2)13-16/h5-6,11-13,20H,7-10,14H2,1-4H3. The minimum atomic E-state index is -0.545. The van der Waals surface area contributed by atoms with Gasteiger partial charge in [0, 0.05) is 69.7 Å². The van der Waals surface area contributed by atoms with Gasteiger partial charge in [0.1, 0.15) is 22.9 Å². The zero-order chi connectivity index (χ0) is 26.3. The summed E-state index contributed by atoms with van der Waals surface area (Å²) in [6, 6.07) is 4.38. The predicted molar refractivity (Wildman–Crippen MR) is 139 cm³/mol. The van der Waals surface area contributed by atoms with E-state index in [-0.39, 0.29) is 38.9 Å². The minimum absolute atomic E-state index is 0.00610. The maximum Gasteiger partial charge on any atom is 0.279 e. The van der Waals surface area contributed by atoms with Gasteiger partial charge in [-0.05, 0) is 25.1 Å². The van der Waals surface area contributed by atoms with Gasteiger partial charge in [0.25, 0.3) is 5.56 Å². The second kappa shape index (κ2) is 10.2. The van der Waals surface area contributed by atoms with Crippen LogP contribution in [0.25, 0.3) is 22.3 Å². The number of nitrogens with zero attached hydrogens (tertiary/aromatic N) is 8. The first-order valence-corrected chi connectivity index (χ1v) is 12.3. The molecule has 1 atom stereocenters. The summed E-state index contributed by atoms with van der Waals surface area (Å²) in [5, 5.41) is 4.62. The minimum Gasteiger partial charge on any atom is -0.383 e. The quantitative estimate of drug-likeness (QED) is 0.378. The monoisotopic (exact) mass is 526 g/mol. The van der Waals surface area contributed by atoms with E-state index in [9.17, 15) is 4.79 Å². The molecule has 0 bridgehead atoms. The summed E-state index contributed by atoms with van der Waals surface area (Å²) in [6.07, 6.45) is 3.85. The molecule has 0 N–H and O–H groups in total. The lowest BCUT2D eigenvalue weighted by Gasteiger charge is -2.41. The lowest BCUT2D eigenvalue weighted by atomic mass is 10.1. The molecule has 0 aliphatic carbocycles. The molecule has 12 heteroatoms. The van der Waals surface area contributed by atoms with Crippen molar-refractivity contribution in [2.45, 2.75) is 13.0 Å². The number of anilines is 1. The number of fused-ring (bicyclic) bond motifs is 1. The molecule has 0 radical (unpaired) electrons.